The van der Waals surface area contributed by atoms with Crippen LogP contribution in [0.15, 0.2) is 0 Å². The van der Waals surface area contributed by atoms with Gasteiger partial charge in [0.25, 0.3) is 0 Å². The second kappa shape index (κ2) is 5.37. The van der Waals surface area contributed by atoms with Crippen LogP contribution < -0.4 is 0 Å². The molecule has 0 radical (unpaired) electrons. The van der Waals surface area contributed by atoms with Crippen LogP contribution in [0.2, 0.25) is 0 Å². The third-order valence-electron chi connectivity index (χ3n) is 2.18. The molecule has 7 heteroatoms. The zero-order valence-corrected chi connectivity index (χ0v) is 7.85. The minimum atomic E-state index is -1.55. The second-order valence-corrected chi connectivity index (χ2v) is 3.16. The molecule has 0 spiro atoms. The summed E-state index contributed by atoms with van der Waals surface area (Å²) in [5, 5.41) is 45.2. The lowest BCUT2D eigenvalue weighted by molar-refractivity contribution is -0.292. The maximum absolute atomic E-state index is 9.55. The van der Waals surface area contributed by atoms with E-state index in [1.165, 1.54) is 0 Å². The molecule has 0 unspecified atom stereocenters. The van der Waals surface area contributed by atoms with Crippen LogP contribution in [0.25, 0.3) is 0 Å². The molecule has 0 saturated carbocycles. The van der Waals surface area contributed by atoms with Crippen molar-refractivity contribution in [3.8, 4) is 6.07 Å². The van der Waals surface area contributed by atoms with Crippen molar-refractivity contribution >= 4 is 0 Å². The molecule has 86 valence electrons. The van der Waals surface area contributed by atoms with Gasteiger partial charge in [-0.3, -0.25) is 0 Å². The molecule has 0 aromatic rings. The van der Waals surface area contributed by atoms with Crippen LogP contribution in [0.5, 0.6) is 0 Å². The Morgan fingerprint density at radius 2 is 1.93 bits per heavy atom. The molecule has 1 saturated heterocycles. The first-order valence-corrected chi connectivity index (χ1v) is 4.41. The molecule has 1 heterocycles. The van der Waals surface area contributed by atoms with Crippen LogP contribution in [-0.4, -0.2) is 64.3 Å². The smallest absolute Gasteiger partial charge is 0.184 e. The minimum absolute atomic E-state index is 0.330. The molecule has 4 N–H and O–H groups in total. The van der Waals surface area contributed by atoms with Crippen molar-refractivity contribution in [2.75, 3.05) is 13.2 Å². The maximum atomic E-state index is 9.55. The SMILES string of the molecule is N#CCO[C@@H]1[C@@H](O)[C@H](O)O[C@H](CO)[C@@H]1O. The second-order valence-electron chi connectivity index (χ2n) is 3.16. The van der Waals surface area contributed by atoms with E-state index in [0.717, 1.165) is 0 Å². The highest BCUT2D eigenvalue weighted by atomic mass is 16.6. The van der Waals surface area contributed by atoms with Gasteiger partial charge >= 0.3 is 0 Å². The normalized spacial score (nSPS) is 41.1. The molecule has 5 atom stereocenters. The number of hydrogen-bond donors (Lipinski definition) is 4. The van der Waals surface area contributed by atoms with Crippen LogP contribution in [0.1, 0.15) is 0 Å². The molecule has 0 aliphatic carbocycles. The van der Waals surface area contributed by atoms with Crippen LogP contribution in [-0.2, 0) is 9.47 Å². The van der Waals surface area contributed by atoms with E-state index in [0.29, 0.717) is 0 Å². The average molecular weight is 219 g/mol. The summed E-state index contributed by atoms with van der Waals surface area (Å²) in [5.41, 5.74) is 0. The summed E-state index contributed by atoms with van der Waals surface area (Å²) in [6.07, 6.45) is -6.47. The Kier molecular flexibility index (Phi) is 4.41. The van der Waals surface area contributed by atoms with E-state index in [4.69, 9.17) is 19.8 Å². The molecule has 0 aromatic heterocycles. The largest absolute Gasteiger partial charge is 0.394 e. The van der Waals surface area contributed by atoms with Gasteiger partial charge in [-0.05, 0) is 0 Å². The number of hydrogen-bond acceptors (Lipinski definition) is 7. The molecule has 1 aliphatic rings. The maximum Gasteiger partial charge on any atom is 0.184 e. The van der Waals surface area contributed by atoms with Crippen LogP contribution in [0, 0.1) is 11.3 Å². The number of nitrogens with zero attached hydrogens (tertiary/aromatic N) is 1. The Balaban J connectivity index is 2.67. The van der Waals surface area contributed by atoms with Crippen molar-refractivity contribution in [1.82, 2.24) is 0 Å². The van der Waals surface area contributed by atoms with Crippen molar-refractivity contribution in [3.05, 3.63) is 0 Å². The van der Waals surface area contributed by atoms with E-state index in [2.05, 4.69) is 0 Å². The lowest BCUT2D eigenvalue weighted by Crippen LogP contribution is -2.59. The zero-order chi connectivity index (χ0) is 11.4. The quantitative estimate of drug-likeness (QED) is 0.408. The van der Waals surface area contributed by atoms with Gasteiger partial charge in [-0.1, -0.05) is 0 Å². The molecule has 0 aromatic carbocycles. The first kappa shape index (κ1) is 12.3. The van der Waals surface area contributed by atoms with Gasteiger partial charge in [0.1, 0.15) is 31.0 Å². The number of nitriles is 1. The predicted octanol–water partition coefficient (Wildman–Crippen LogP) is -2.67. The molecule has 1 rings (SSSR count). The zero-order valence-electron chi connectivity index (χ0n) is 7.85. The fourth-order valence-electron chi connectivity index (χ4n) is 1.40. The third kappa shape index (κ3) is 2.63. The van der Waals surface area contributed by atoms with Gasteiger partial charge in [-0.15, -0.1) is 0 Å². The number of aliphatic hydroxyl groups excluding tert-OH is 4. The van der Waals surface area contributed by atoms with E-state index in [-0.39, 0.29) is 6.61 Å². The van der Waals surface area contributed by atoms with Crippen LogP contribution in [0.3, 0.4) is 0 Å². The van der Waals surface area contributed by atoms with E-state index >= 15 is 0 Å². The summed E-state index contributed by atoms with van der Waals surface area (Å²) in [6, 6.07) is 1.67. The topological polar surface area (TPSA) is 123 Å². The molecule has 1 fully saturated rings. The molecular weight excluding hydrogens is 206 g/mol. The molecule has 1 aliphatic heterocycles. The van der Waals surface area contributed by atoms with Gasteiger partial charge in [-0.2, -0.15) is 5.26 Å². The lowest BCUT2D eigenvalue weighted by atomic mass is 9.99. The third-order valence-corrected chi connectivity index (χ3v) is 2.18. The van der Waals surface area contributed by atoms with Crippen LogP contribution in [0.4, 0.5) is 0 Å². The lowest BCUT2D eigenvalue weighted by Gasteiger charge is -2.39. The number of aliphatic hydroxyl groups is 4. The molecule has 0 bridgehead atoms. The summed E-state index contributed by atoms with van der Waals surface area (Å²) < 4.78 is 9.56. The summed E-state index contributed by atoms with van der Waals surface area (Å²) in [5.74, 6) is 0. The van der Waals surface area contributed by atoms with Crippen molar-refractivity contribution < 1.29 is 29.9 Å². The van der Waals surface area contributed by atoms with Crippen LogP contribution >= 0.6 is 0 Å². The molecule has 0 amide bonds. The standard InChI is InChI=1S/C8H13NO6/c9-1-2-14-7-5(11)4(3-10)15-8(13)6(7)12/h4-8,10-13H,2-3H2/t4-,5+,6-,7+,8-/m1/s1. The van der Waals surface area contributed by atoms with Gasteiger partial charge in [0.2, 0.25) is 0 Å². The van der Waals surface area contributed by atoms with Gasteiger partial charge < -0.3 is 29.9 Å². The van der Waals surface area contributed by atoms with Crippen molar-refractivity contribution in [2.45, 2.75) is 30.7 Å². The first-order chi connectivity index (χ1) is 7.11. The summed E-state index contributed by atoms with van der Waals surface area (Å²) >= 11 is 0. The van der Waals surface area contributed by atoms with E-state index in [1.807, 2.05) is 0 Å². The van der Waals surface area contributed by atoms with E-state index < -0.39 is 37.3 Å². The Morgan fingerprint density at radius 3 is 2.47 bits per heavy atom. The summed E-state index contributed by atoms with van der Waals surface area (Å²) in [6.45, 7) is -0.846. The van der Waals surface area contributed by atoms with E-state index in [1.54, 1.807) is 6.07 Å². The highest BCUT2D eigenvalue weighted by molar-refractivity contribution is 4.90. The fraction of sp³-hybridized carbons (Fsp3) is 0.875. The molecule has 7 nitrogen and oxygen atoms in total. The van der Waals surface area contributed by atoms with Gasteiger partial charge in [-0.25, -0.2) is 0 Å². The minimum Gasteiger partial charge on any atom is -0.394 e. The van der Waals surface area contributed by atoms with Crippen molar-refractivity contribution in [3.63, 3.8) is 0 Å². The van der Waals surface area contributed by atoms with E-state index in [9.17, 15) is 15.3 Å². The van der Waals surface area contributed by atoms with Crippen molar-refractivity contribution in [1.29, 1.82) is 5.26 Å². The van der Waals surface area contributed by atoms with Crippen molar-refractivity contribution in [2.24, 2.45) is 0 Å². The summed E-state index contributed by atoms with van der Waals surface area (Å²) in [4.78, 5) is 0. The molecule has 15 heavy (non-hydrogen) atoms. The Hall–Kier alpha value is -0.750. The highest BCUT2D eigenvalue weighted by Gasteiger charge is 2.44. The van der Waals surface area contributed by atoms with Gasteiger partial charge in [0.05, 0.1) is 12.7 Å². The average Bonchev–Trinajstić information content (AvgIpc) is 2.23. The first-order valence-electron chi connectivity index (χ1n) is 4.41. The monoisotopic (exact) mass is 219 g/mol. The Morgan fingerprint density at radius 1 is 1.27 bits per heavy atom. The summed E-state index contributed by atoms with van der Waals surface area (Å²) in [7, 11) is 0. The highest BCUT2D eigenvalue weighted by Crippen LogP contribution is 2.21. The number of ether oxygens (including phenoxy) is 2. The van der Waals surface area contributed by atoms with Gasteiger partial charge in [0, 0.05) is 0 Å². The van der Waals surface area contributed by atoms with Gasteiger partial charge in [0.15, 0.2) is 6.29 Å². The predicted molar refractivity (Wildman–Crippen MR) is 45.3 cm³/mol. The fourth-order valence-corrected chi connectivity index (χ4v) is 1.40. The Labute approximate surface area is 86.1 Å². The Bertz CT molecular complexity index is 242. The molecular formula is C8H13NO6. The number of rotatable bonds is 3.